The lowest BCUT2D eigenvalue weighted by Crippen LogP contribution is -2.21. The summed E-state index contributed by atoms with van der Waals surface area (Å²) in [5, 5.41) is 4.37. The monoisotopic (exact) mass is 396 g/mol. The first-order valence-electron chi connectivity index (χ1n) is 9.38. The van der Waals surface area contributed by atoms with Gasteiger partial charge < -0.3 is 9.72 Å². The summed E-state index contributed by atoms with van der Waals surface area (Å²) in [5.74, 6) is 0.644. The maximum Gasteiger partial charge on any atom is 0.271 e. The molecule has 0 spiro atoms. The molecule has 5 rings (SSSR count). The minimum absolute atomic E-state index is 0.153. The van der Waals surface area contributed by atoms with E-state index in [9.17, 15) is 9.59 Å². The van der Waals surface area contributed by atoms with Gasteiger partial charge in [-0.3, -0.25) is 19.4 Å². The molecule has 144 valence electrons. The molecule has 2 aromatic heterocycles. The van der Waals surface area contributed by atoms with Gasteiger partial charge in [-0.2, -0.15) is 0 Å². The minimum Gasteiger partial charge on any atom is -0.381 e. The molecule has 8 heteroatoms. The molecular formula is C20H20N4O3S. The number of nitrogens with one attached hydrogen (secondary N) is 2. The van der Waals surface area contributed by atoms with Gasteiger partial charge in [0.1, 0.15) is 0 Å². The van der Waals surface area contributed by atoms with Gasteiger partial charge in [-0.05, 0) is 37.3 Å². The number of fused-ring (bicyclic) bond motifs is 2. The Hall–Kier alpha value is -2.58. The van der Waals surface area contributed by atoms with Crippen molar-refractivity contribution < 1.29 is 4.74 Å². The van der Waals surface area contributed by atoms with E-state index in [1.807, 2.05) is 41.9 Å². The van der Waals surface area contributed by atoms with E-state index in [1.165, 1.54) is 11.8 Å². The SMILES string of the molecule is CC1=Nc2c(c(=O)[nH]n2C2CCOCC2)C(c2cc3ccccc3[nH]c2=O)S1. The van der Waals surface area contributed by atoms with Crippen LogP contribution in [0.2, 0.25) is 0 Å². The van der Waals surface area contributed by atoms with E-state index in [0.717, 1.165) is 28.8 Å². The van der Waals surface area contributed by atoms with Crippen molar-refractivity contribution >= 4 is 33.5 Å². The molecule has 3 aromatic rings. The van der Waals surface area contributed by atoms with Crippen molar-refractivity contribution in [3.63, 3.8) is 0 Å². The fourth-order valence-electron chi connectivity index (χ4n) is 3.99. The van der Waals surface area contributed by atoms with Gasteiger partial charge in [0.2, 0.25) is 0 Å². The summed E-state index contributed by atoms with van der Waals surface area (Å²) >= 11 is 1.45. The Balaban J connectivity index is 1.67. The molecule has 4 heterocycles. The second-order valence-electron chi connectivity index (χ2n) is 7.16. The predicted octanol–water partition coefficient (Wildman–Crippen LogP) is 3.26. The fraction of sp³-hybridized carbons (Fsp3) is 0.350. The Morgan fingerprint density at radius 3 is 2.79 bits per heavy atom. The lowest BCUT2D eigenvalue weighted by atomic mass is 10.0. The van der Waals surface area contributed by atoms with Crippen LogP contribution in [-0.2, 0) is 4.74 Å². The van der Waals surface area contributed by atoms with Gasteiger partial charge >= 0.3 is 0 Å². The van der Waals surface area contributed by atoms with E-state index < -0.39 is 0 Å². The maximum atomic E-state index is 12.9. The van der Waals surface area contributed by atoms with E-state index in [1.54, 1.807) is 0 Å². The molecule has 1 atom stereocenters. The van der Waals surface area contributed by atoms with Crippen LogP contribution in [0.5, 0.6) is 0 Å². The van der Waals surface area contributed by atoms with Crippen molar-refractivity contribution in [3.05, 3.63) is 62.2 Å². The summed E-state index contributed by atoms with van der Waals surface area (Å²) in [6.45, 7) is 3.26. The van der Waals surface area contributed by atoms with Crippen molar-refractivity contribution in [2.45, 2.75) is 31.1 Å². The van der Waals surface area contributed by atoms with Crippen LogP contribution >= 0.6 is 11.8 Å². The zero-order valence-corrected chi connectivity index (χ0v) is 16.2. The molecule has 0 amide bonds. The molecule has 1 aromatic carbocycles. The van der Waals surface area contributed by atoms with E-state index >= 15 is 0 Å². The summed E-state index contributed by atoms with van der Waals surface area (Å²) in [7, 11) is 0. The van der Waals surface area contributed by atoms with Gasteiger partial charge in [0.15, 0.2) is 5.82 Å². The minimum atomic E-state index is -0.384. The van der Waals surface area contributed by atoms with Crippen molar-refractivity contribution in [3.8, 4) is 0 Å². The largest absolute Gasteiger partial charge is 0.381 e. The van der Waals surface area contributed by atoms with E-state index in [-0.39, 0.29) is 22.4 Å². The van der Waals surface area contributed by atoms with Crippen LogP contribution in [0.15, 0.2) is 44.9 Å². The highest BCUT2D eigenvalue weighted by Crippen LogP contribution is 2.44. The molecule has 0 saturated carbocycles. The molecule has 2 N–H and O–H groups in total. The molecule has 2 aliphatic rings. The average Bonchev–Trinajstić information content (AvgIpc) is 3.04. The van der Waals surface area contributed by atoms with Gasteiger partial charge in [0, 0.05) is 24.3 Å². The molecular weight excluding hydrogens is 376 g/mol. The summed E-state index contributed by atoms with van der Waals surface area (Å²) < 4.78 is 7.33. The maximum absolute atomic E-state index is 12.9. The van der Waals surface area contributed by atoms with Crippen LogP contribution in [0, 0.1) is 0 Å². The molecule has 0 radical (unpaired) electrons. The highest BCUT2D eigenvalue weighted by molar-refractivity contribution is 8.14. The van der Waals surface area contributed by atoms with E-state index in [2.05, 4.69) is 15.1 Å². The number of ether oxygens (including phenoxy) is 1. The van der Waals surface area contributed by atoms with Gasteiger partial charge in [-0.15, -0.1) is 0 Å². The third kappa shape index (κ3) is 2.84. The number of hydrogen-bond acceptors (Lipinski definition) is 5. The van der Waals surface area contributed by atoms with Gasteiger partial charge in [-0.25, -0.2) is 4.99 Å². The first-order chi connectivity index (χ1) is 13.6. The van der Waals surface area contributed by atoms with E-state index in [4.69, 9.17) is 4.74 Å². The highest BCUT2D eigenvalue weighted by atomic mass is 32.2. The Labute approximate surface area is 164 Å². The first kappa shape index (κ1) is 17.5. The Morgan fingerprint density at radius 2 is 1.96 bits per heavy atom. The van der Waals surface area contributed by atoms with Crippen LogP contribution in [0.25, 0.3) is 10.9 Å². The first-order valence-corrected chi connectivity index (χ1v) is 10.3. The average molecular weight is 396 g/mol. The van der Waals surface area contributed by atoms with Gasteiger partial charge in [0.25, 0.3) is 11.1 Å². The number of aromatic nitrogens is 3. The Kier molecular flexibility index (Phi) is 4.25. The number of thioether (sulfide) groups is 1. The number of pyridine rings is 1. The number of rotatable bonds is 2. The highest BCUT2D eigenvalue weighted by Gasteiger charge is 2.33. The Bertz CT molecular complexity index is 1200. The fourth-order valence-corrected chi connectivity index (χ4v) is 5.11. The number of H-pyrrole nitrogens is 2. The predicted molar refractivity (Wildman–Crippen MR) is 111 cm³/mol. The standard InChI is InChI=1S/C20H20N4O3S/c1-11-21-18-16(20(26)23-24(18)13-6-8-27-9-7-13)17(28-11)14-10-12-4-2-3-5-15(12)22-19(14)25/h2-5,10,13,17H,6-9H2,1H3,(H,22,25)(H,23,26). The summed E-state index contributed by atoms with van der Waals surface area (Å²) in [6, 6.07) is 9.70. The zero-order valence-electron chi connectivity index (χ0n) is 15.4. The molecule has 0 aliphatic carbocycles. The van der Waals surface area contributed by atoms with Crippen molar-refractivity contribution in [1.29, 1.82) is 0 Å². The third-order valence-electron chi connectivity index (χ3n) is 5.37. The molecule has 28 heavy (non-hydrogen) atoms. The second-order valence-corrected chi connectivity index (χ2v) is 8.46. The topological polar surface area (TPSA) is 92.2 Å². The number of hydrogen-bond donors (Lipinski definition) is 2. The van der Waals surface area contributed by atoms with Crippen LogP contribution in [-0.4, -0.2) is 33.0 Å². The number of para-hydroxylation sites is 1. The third-order valence-corrected chi connectivity index (χ3v) is 6.53. The smallest absolute Gasteiger partial charge is 0.271 e. The quantitative estimate of drug-likeness (QED) is 0.695. The van der Waals surface area contributed by atoms with Gasteiger partial charge in [0.05, 0.1) is 21.9 Å². The lowest BCUT2D eigenvalue weighted by Gasteiger charge is -2.26. The van der Waals surface area contributed by atoms with Crippen LogP contribution in [0.4, 0.5) is 5.82 Å². The molecule has 1 saturated heterocycles. The normalized spacial score (nSPS) is 20.2. The van der Waals surface area contributed by atoms with Crippen molar-refractivity contribution in [2.24, 2.45) is 4.99 Å². The van der Waals surface area contributed by atoms with Crippen LogP contribution < -0.4 is 11.1 Å². The Morgan fingerprint density at radius 1 is 1.18 bits per heavy atom. The molecule has 2 aliphatic heterocycles. The molecule has 7 nitrogen and oxygen atoms in total. The summed E-state index contributed by atoms with van der Waals surface area (Å²) in [5.41, 5.74) is 1.58. The molecule has 1 unspecified atom stereocenters. The zero-order chi connectivity index (χ0) is 19.3. The van der Waals surface area contributed by atoms with Crippen LogP contribution in [0.3, 0.4) is 0 Å². The molecule has 1 fully saturated rings. The van der Waals surface area contributed by atoms with Crippen LogP contribution in [0.1, 0.15) is 42.2 Å². The summed E-state index contributed by atoms with van der Waals surface area (Å²) in [6.07, 6.45) is 1.67. The number of nitrogens with zero attached hydrogens (tertiary/aromatic N) is 2. The lowest BCUT2D eigenvalue weighted by molar-refractivity contribution is 0.0666. The molecule has 0 bridgehead atoms. The van der Waals surface area contributed by atoms with Crippen molar-refractivity contribution in [2.75, 3.05) is 13.2 Å². The van der Waals surface area contributed by atoms with E-state index in [0.29, 0.717) is 30.2 Å². The number of benzene rings is 1. The van der Waals surface area contributed by atoms with Crippen molar-refractivity contribution in [1.82, 2.24) is 14.8 Å². The van der Waals surface area contributed by atoms with Gasteiger partial charge in [-0.1, -0.05) is 30.0 Å². The number of aromatic amines is 2. The summed E-state index contributed by atoms with van der Waals surface area (Å²) in [4.78, 5) is 33.3. The second kappa shape index (κ2) is 6.79. The number of aliphatic imine (C=N–C) groups is 1.